The molecule has 0 aliphatic carbocycles. The number of anilines is 2. The van der Waals surface area contributed by atoms with Crippen LogP contribution in [0.5, 0.6) is 17.2 Å². The molecule has 0 saturated carbocycles. The number of fused-ring (bicyclic) bond motifs is 1. The third-order valence-electron chi connectivity index (χ3n) is 7.91. The van der Waals surface area contributed by atoms with Crippen LogP contribution in [0.4, 0.5) is 11.4 Å². The molecule has 1 heterocycles. The number of benzene rings is 3. The second-order valence-corrected chi connectivity index (χ2v) is 12.8. The highest BCUT2D eigenvalue weighted by atomic mass is 35.5. The lowest BCUT2D eigenvalue weighted by molar-refractivity contribution is -0.144. The van der Waals surface area contributed by atoms with Gasteiger partial charge in [-0.1, -0.05) is 43.6 Å². The van der Waals surface area contributed by atoms with Crippen molar-refractivity contribution in [3.8, 4) is 17.2 Å². The van der Waals surface area contributed by atoms with Gasteiger partial charge in [0.25, 0.3) is 5.91 Å². The number of nitrogens with one attached hydrogen (secondary N) is 1. The predicted molar refractivity (Wildman–Crippen MR) is 183 cm³/mol. The molecule has 262 valence electrons. The number of ether oxygens (including phenoxy) is 5. The van der Waals surface area contributed by atoms with E-state index in [1.165, 1.54) is 33.2 Å². The number of methoxy groups -OCH3 is 3. The minimum absolute atomic E-state index is 0.0381. The molecule has 0 bridgehead atoms. The summed E-state index contributed by atoms with van der Waals surface area (Å²) in [4.78, 5) is 52.4. The number of amides is 2. The topological polar surface area (TPSA) is 150 Å². The van der Waals surface area contributed by atoms with Gasteiger partial charge in [0.05, 0.1) is 40.0 Å². The maximum atomic E-state index is 14.5. The van der Waals surface area contributed by atoms with Gasteiger partial charge in [-0.3, -0.25) is 19.2 Å². The molecule has 12 nitrogen and oxygen atoms in total. The van der Waals surface area contributed by atoms with E-state index >= 15 is 0 Å². The standard InChI is InChI=1S/C36H41ClN2O10/c1-21(40)48-20-36(2,3)19-39-27-14-12-23(37)17-25(27)33(24-8-7-9-28(45-4)34(24)47-6)49-30(35(39)44)18-31(41)38-26-13-10-22(11-15-32(42)43)16-29(26)46-5/h7-10,12-14,16-17,30,33H,11,15,18-20H2,1-6H3,(H,38,41)(H,42,43)/t30-,33-/m1/s1. The molecule has 13 heteroatoms. The summed E-state index contributed by atoms with van der Waals surface area (Å²) in [7, 11) is 4.45. The van der Waals surface area contributed by atoms with Gasteiger partial charge in [0.2, 0.25) is 5.91 Å². The van der Waals surface area contributed by atoms with Gasteiger partial charge in [0, 0.05) is 47.1 Å². The van der Waals surface area contributed by atoms with Crippen LogP contribution >= 0.6 is 11.6 Å². The zero-order chi connectivity index (χ0) is 35.9. The molecule has 1 aliphatic rings. The van der Waals surface area contributed by atoms with Crippen LogP contribution in [-0.4, -0.2) is 69.4 Å². The van der Waals surface area contributed by atoms with Gasteiger partial charge in [-0.05, 0) is 48.4 Å². The van der Waals surface area contributed by atoms with Crippen LogP contribution in [0.2, 0.25) is 5.02 Å². The largest absolute Gasteiger partial charge is 0.495 e. The lowest BCUT2D eigenvalue weighted by Crippen LogP contribution is -2.46. The average Bonchev–Trinajstić information content (AvgIpc) is 3.16. The number of carbonyl (C=O) groups excluding carboxylic acids is 3. The van der Waals surface area contributed by atoms with Crippen molar-refractivity contribution in [3.05, 3.63) is 76.3 Å². The summed E-state index contributed by atoms with van der Waals surface area (Å²) in [6.07, 6.45) is -2.37. The molecule has 2 amide bonds. The van der Waals surface area contributed by atoms with Crippen molar-refractivity contribution in [1.29, 1.82) is 0 Å². The van der Waals surface area contributed by atoms with Crippen molar-refractivity contribution in [2.75, 3.05) is 44.7 Å². The minimum atomic E-state index is -1.29. The first-order valence-corrected chi connectivity index (χ1v) is 15.9. The van der Waals surface area contributed by atoms with Crippen LogP contribution in [0, 0.1) is 5.41 Å². The van der Waals surface area contributed by atoms with E-state index < -0.39 is 41.4 Å². The van der Waals surface area contributed by atoms with Gasteiger partial charge in [-0.2, -0.15) is 0 Å². The van der Waals surface area contributed by atoms with Crippen LogP contribution in [0.15, 0.2) is 54.6 Å². The fourth-order valence-corrected chi connectivity index (χ4v) is 5.79. The summed E-state index contributed by atoms with van der Waals surface area (Å²) in [5, 5.41) is 12.3. The number of carboxylic acids is 1. The molecular weight excluding hydrogens is 656 g/mol. The van der Waals surface area contributed by atoms with E-state index in [0.29, 0.717) is 44.8 Å². The molecule has 3 aromatic rings. The SMILES string of the molecule is COc1cc(CCC(=O)O)ccc1NC(=O)C[C@H]1O[C@H](c2cccc(OC)c2OC)c2cc(Cl)ccc2N(CC(C)(C)COC(C)=O)C1=O. The predicted octanol–water partition coefficient (Wildman–Crippen LogP) is 5.82. The minimum Gasteiger partial charge on any atom is -0.495 e. The zero-order valence-electron chi connectivity index (χ0n) is 28.3. The number of carbonyl (C=O) groups is 4. The summed E-state index contributed by atoms with van der Waals surface area (Å²) >= 11 is 6.53. The smallest absolute Gasteiger partial charge is 0.303 e. The first-order chi connectivity index (χ1) is 23.3. The number of rotatable bonds is 14. The molecular formula is C36H41ClN2O10. The fraction of sp³-hybridized carbons (Fsp3) is 0.389. The van der Waals surface area contributed by atoms with Gasteiger partial charge < -0.3 is 39.0 Å². The molecule has 4 rings (SSSR count). The maximum Gasteiger partial charge on any atom is 0.303 e. The normalized spacial score (nSPS) is 15.9. The highest BCUT2D eigenvalue weighted by Crippen LogP contribution is 2.45. The van der Waals surface area contributed by atoms with Crippen molar-refractivity contribution in [2.45, 2.75) is 52.2 Å². The van der Waals surface area contributed by atoms with E-state index in [1.54, 1.807) is 54.6 Å². The van der Waals surface area contributed by atoms with Crippen LogP contribution in [-0.2, 0) is 35.1 Å². The van der Waals surface area contributed by atoms with Crippen LogP contribution in [0.25, 0.3) is 0 Å². The zero-order valence-corrected chi connectivity index (χ0v) is 29.1. The van der Waals surface area contributed by atoms with Gasteiger partial charge in [0.15, 0.2) is 11.5 Å². The Kier molecular flexibility index (Phi) is 12.1. The summed E-state index contributed by atoms with van der Waals surface area (Å²) in [6.45, 7) is 5.19. The molecule has 0 spiro atoms. The Bertz CT molecular complexity index is 1710. The van der Waals surface area contributed by atoms with Crippen LogP contribution in [0.1, 0.15) is 56.4 Å². The Morgan fingerprint density at radius 3 is 2.37 bits per heavy atom. The molecule has 0 unspecified atom stereocenters. The summed E-state index contributed by atoms with van der Waals surface area (Å²) < 4.78 is 28.7. The first kappa shape index (κ1) is 37.0. The Labute approximate surface area is 290 Å². The Hall–Kier alpha value is -4.81. The number of aliphatic carboxylic acids is 1. The van der Waals surface area contributed by atoms with E-state index in [2.05, 4.69) is 5.32 Å². The molecule has 1 aliphatic heterocycles. The number of esters is 1. The number of nitrogens with zero attached hydrogens (tertiary/aromatic N) is 1. The third kappa shape index (κ3) is 9.21. The molecule has 0 saturated heterocycles. The number of hydrogen-bond donors (Lipinski definition) is 2. The second kappa shape index (κ2) is 16.1. The fourth-order valence-electron chi connectivity index (χ4n) is 5.61. The van der Waals surface area contributed by atoms with Gasteiger partial charge >= 0.3 is 11.9 Å². The van der Waals surface area contributed by atoms with Crippen LogP contribution in [0.3, 0.4) is 0 Å². The molecule has 3 aromatic carbocycles. The van der Waals surface area contributed by atoms with E-state index in [0.717, 1.165) is 5.56 Å². The Morgan fingerprint density at radius 2 is 1.71 bits per heavy atom. The van der Waals surface area contributed by atoms with Crippen molar-refractivity contribution >= 4 is 46.7 Å². The van der Waals surface area contributed by atoms with Gasteiger partial charge in [0.1, 0.15) is 18.0 Å². The summed E-state index contributed by atoms with van der Waals surface area (Å²) in [6, 6.07) is 15.4. The summed E-state index contributed by atoms with van der Waals surface area (Å²) in [5.74, 6) is -1.25. The number of aryl methyl sites for hydroxylation is 1. The molecule has 2 atom stereocenters. The number of halogens is 1. The third-order valence-corrected chi connectivity index (χ3v) is 8.15. The summed E-state index contributed by atoms with van der Waals surface area (Å²) in [5.41, 5.74) is 1.96. The van der Waals surface area contributed by atoms with Gasteiger partial charge in [-0.25, -0.2) is 0 Å². The molecule has 0 aromatic heterocycles. The average molecular weight is 697 g/mol. The van der Waals surface area contributed by atoms with E-state index in [4.69, 9.17) is 40.4 Å². The lowest BCUT2D eigenvalue weighted by Gasteiger charge is -2.33. The van der Waals surface area contributed by atoms with E-state index in [9.17, 15) is 19.2 Å². The number of para-hydroxylation sites is 1. The van der Waals surface area contributed by atoms with Crippen molar-refractivity contribution in [2.24, 2.45) is 5.41 Å². The van der Waals surface area contributed by atoms with Gasteiger partial charge in [-0.15, -0.1) is 0 Å². The number of carboxylic acid groups (broad SMARTS) is 1. The van der Waals surface area contributed by atoms with Crippen molar-refractivity contribution in [3.63, 3.8) is 0 Å². The van der Waals surface area contributed by atoms with E-state index in [1.807, 2.05) is 13.8 Å². The second-order valence-electron chi connectivity index (χ2n) is 12.3. The monoisotopic (exact) mass is 696 g/mol. The van der Waals surface area contributed by atoms with Crippen LogP contribution < -0.4 is 24.4 Å². The maximum absolute atomic E-state index is 14.5. The highest BCUT2D eigenvalue weighted by Gasteiger charge is 2.41. The Balaban J connectivity index is 1.76. The van der Waals surface area contributed by atoms with Crippen molar-refractivity contribution < 1.29 is 48.0 Å². The lowest BCUT2D eigenvalue weighted by atomic mass is 9.92. The number of hydrogen-bond acceptors (Lipinski definition) is 9. The quantitative estimate of drug-likeness (QED) is 0.197. The van der Waals surface area contributed by atoms with E-state index in [-0.39, 0.29) is 32.4 Å². The molecule has 49 heavy (non-hydrogen) atoms. The first-order valence-electron chi connectivity index (χ1n) is 15.6. The molecule has 0 fully saturated rings. The highest BCUT2D eigenvalue weighted by molar-refractivity contribution is 6.30. The Morgan fingerprint density at radius 1 is 0.980 bits per heavy atom. The molecule has 2 N–H and O–H groups in total. The van der Waals surface area contributed by atoms with Crippen molar-refractivity contribution in [1.82, 2.24) is 0 Å². The molecule has 0 radical (unpaired) electrons.